The fourth-order valence-corrected chi connectivity index (χ4v) is 3.36. The number of carbonyl (C=O) groups excluding carboxylic acids is 1. The van der Waals surface area contributed by atoms with Gasteiger partial charge in [0.1, 0.15) is 0 Å². The minimum absolute atomic E-state index is 0.244. The van der Waals surface area contributed by atoms with Crippen molar-refractivity contribution in [2.75, 3.05) is 19.6 Å². The van der Waals surface area contributed by atoms with Gasteiger partial charge in [-0.15, -0.1) is 0 Å². The SMILES string of the molecule is CC(C)NC(C)(CCN1CCCC(C(C)C)CC1)C(N)=O. The van der Waals surface area contributed by atoms with Gasteiger partial charge in [0.15, 0.2) is 0 Å². The van der Waals surface area contributed by atoms with Crippen LogP contribution in [0.25, 0.3) is 0 Å². The molecule has 4 heteroatoms. The number of hydrogen-bond donors (Lipinski definition) is 2. The molecule has 2 unspecified atom stereocenters. The molecule has 0 saturated carbocycles. The molecule has 21 heavy (non-hydrogen) atoms. The lowest BCUT2D eigenvalue weighted by molar-refractivity contribution is -0.124. The monoisotopic (exact) mass is 297 g/mol. The molecule has 1 saturated heterocycles. The van der Waals surface area contributed by atoms with Crippen LogP contribution in [0.1, 0.15) is 60.3 Å². The van der Waals surface area contributed by atoms with Crippen LogP contribution in [-0.4, -0.2) is 42.0 Å². The summed E-state index contributed by atoms with van der Waals surface area (Å²) in [6.45, 7) is 14.0. The summed E-state index contributed by atoms with van der Waals surface area (Å²) < 4.78 is 0. The average Bonchev–Trinajstić information content (AvgIpc) is 2.60. The first-order valence-electron chi connectivity index (χ1n) is 8.54. The molecule has 3 N–H and O–H groups in total. The zero-order valence-electron chi connectivity index (χ0n) is 14.6. The molecule has 124 valence electrons. The molecule has 0 aromatic heterocycles. The Kier molecular flexibility index (Phi) is 7.14. The maximum absolute atomic E-state index is 11.8. The van der Waals surface area contributed by atoms with Gasteiger partial charge < -0.3 is 16.0 Å². The molecule has 1 aliphatic rings. The Hall–Kier alpha value is -0.610. The van der Waals surface area contributed by atoms with Crippen LogP contribution in [-0.2, 0) is 4.79 Å². The molecule has 0 spiro atoms. The van der Waals surface area contributed by atoms with Gasteiger partial charge in [-0.2, -0.15) is 0 Å². The highest BCUT2D eigenvalue weighted by Gasteiger charge is 2.32. The molecule has 0 aliphatic carbocycles. The number of nitrogens with two attached hydrogens (primary N) is 1. The third kappa shape index (κ3) is 5.95. The summed E-state index contributed by atoms with van der Waals surface area (Å²) in [5, 5.41) is 3.34. The van der Waals surface area contributed by atoms with Gasteiger partial charge in [-0.1, -0.05) is 13.8 Å². The predicted molar refractivity (Wildman–Crippen MR) is 89.1 cm³/mol. The lowest BCUT2D eigenvalue weighted by Gasteiger charge is -2.32. The maximum Gasteiger partial charge on any atom is 0.237 e. The summed E-state index contributed by atoms with van der Waals surface area (Å²) in [6.07, 6.45) is 4.68. The summed E-state index contributed by atoms with van der Waals surface area (Å²) in [5.41, 5.74) is 5.01. The lowest BCUT2D eigenvalue weighted by atomic mass is 9.89. The Morgan fingerprint density at radius 2 is 1.95 bits per heavy atom. The van der Waals surface area contributed by atoms with E-state index in [1.807, 2.05) is 6.92 Å². The molecule has 1 heterocycles. The zero-order chi connectivity index (χ0) is 16.0. The summed E-state index contributed by atoms with van der Waals surface area (Å²) in [7, 11) is 0. The molecule has 1 fully saturated rings. The Balaban J connectivity index is 2.51. The number of nitrogens with zero attached hydrogens (tertiary/aromatic N) is 1. The van der Waals surface area contributed by atoms with E-state index in [1.165, 1.54) is 19.3 Å². The van der Waals surface area contributed by atoms with E-state index in [2.05, 4.69) is 37.9 Å². The van der Waals surface area contributed by atoms with Crippen LogP contribution in [0.15, 0.2) is 0 Å². The van der Waals surface area contributed by atoms with E-state index in [1.54, 1.807) is 0 Å². The number of rotatable bonds is 7. The Labute approximate surface area is 130 Å². The normalized spacial score (nSPS) is 24.0. The number of likely N-dealkylation sites (tertiary alicyclic amines) is 1. The Morgan fingerprint density at radius 3 is 2.48 bits per heavy atom. The number of nitrogens with one attached hydrogen (secondary N) is 1. The quantitative estimate of drug-likeness (QED) is 0.758. The molecule has 2 atom stereocenters. The van der Waals surface area contributed by atoms with Gasteiger partial charge in [0.05, 0.1) is 5.54 Å². The fourth-order valence-electron chi connectivity index (χ4n) is 3.36. The predicted octanol–water partition coefficient (Wildman–Crippen LogP) is 2.38. The van der Waals surface area contributed by atoms with Crippen LogP contribution >= 0.6 is 0 Å². The number of carbonyl (C=O) groups is 1. The van der Waals surface area contributed by atoms with E-state index in [-0.39, 0.29) is 11.9 Å². The highest BCUT2D eigenvalue weighted by Crippen LogP contribution is 2.25. The summed E-state index contributed by atoms with van der Waals surface area (Å²) in [5.74, 6) is 1.39. The third-order valence-corrected chi connectivity index (χ3v) is 4.89. The van der Waals surface area contributed by atoms with Crippen molar-refractivity contribution in [3.8, 4) is 0 Å². The van der Waals surface area contributed by atoms with Gasteiger partial charge >= 0.3 is 0 Å². The van der Waals surface area contributed by atoms with Crippen molar-refractivity contribution in [2.45, 2.75) is 71.9 Å². The molecule has 0 aromatic rings. The molecule has 0 bridgehead atoms. The number of hydrogen-bond acceptors (Lipinski definition) is 3. The molecular formula is C17H35N3O. The van der Waals surface area contributed by atoms with Crippen molar-refractivity contribution >= 4 is 5.91 Å². The second kappa shape index (κ2) is 8.14. The van der Waals surface area contributed by atoms with Crippen LogP contribution in [0.2, 0.25) is 0 Å². The van der Waals surface area contributed by atoms with Gasteiger partial charge in [-0.25, -0.2) is 0 Å². The molecule has 0 radical (unpaired) electrons. The smallest absolute Gasteiger partial charge is 0.237 e. The van der Waals surface area contributed by atoms with Crippen LogP contribution in [0.5, 0.6) is 0 Å². The van der Waals surface area contributed by atoms with E-state index >= 15 is 0 Å². The van der Waals surface area contributed by atoms with Crippen molar-refractivity contribution in [1.82, 2.24) is 10.2 Å². The van der Waals surface area contributed by atoms with Crippen LogP contribution < -0.4 is 11.1 Å². The lowest BCUT2D eigenvalue weighted by Crippen LogP contribution is -2.56. The standard InChI is InChI=1S/C17H35N3O/c1-13(2)15-7-6-10-20(11-8-15)12-9-17(5,16(18)21)19-14(3)4/h13-15,19H,6-12H2,1-5H3,(H2,18,21). The highest BCUT2D eigenvalue weighted by atomic mass is 16.1. The summed E-state index contributed by atoms with van der Waals surface area (Å²) >= 11 is 0. The van der Waals surface area contributed by atoms with E-state index in [9.17, 15) is 4.79 Å². The highest BCUT2D eigenvalue weighted by molar-refractivity contribution is 5.84. The van der Waals surface area contributed by atoms with Gasteiger partial charge in [-0.3, -0.25) is 4.79 Å². The topological polar surface area (TPSA) is 58.4 Å². The zero-order valence-corrected chi connectivity index (χ0v) is 14.6. The molecule has 1 amide bonds. The minimum Gasteiger partial charge on any atom is -0.368 e. The van der Waals surface area contributed by atoms with Crippen molar-refractivity contribution in [3.63, 3.8) is 0 Å². The second-order valence-corrected chi connectivity index (χ2v) is 7.52. The van der Waals surface area contributed by atoms with E-state index in [4.69, 9.17) is 5.73 Å². The first-order valence-corrected chi connectivity index (χ1v) is 8.54. The van der Waals surface area contributed by atoms with Crippen LogP contribution in [0, 0.1) is 11.8 Å². The minimum atomic E-state index is -0.599. The summed E-state index contributed by atoms with van der Waals surface area (Å²) in [6, 6.07) is 0.261. The molecule has 0 aromatic carbocycles. The van der Waals surface area contributed by atoms with Crippen molar-refractivity contribution in [3.05, 3.63) is 0 Å². The number of primary amides is 1. The second-order valence-electron chi connectivity index (χ2n) is 7.52. The van der Waals surface area contributed by atoms with Crippen molar-refractivity contribution in [1.29, 1.82) is 0 Å². The Morgan fingerprint density at radius 1 is 1.29 bits per heavy atom. The number of amides is 1. The molecular weight excluding hydrogens is 262 g/mol. The van der Waals surface area contributed by atoms with E-state index in [0.717, 1.165) is 37.9 Å². The summed E-state index contributed by atoms with van der Waals surface area (Å²) in [4.78, 5) is 14.3. The molecule has 4 nitrogen and oxygen atoms in total. The maximum atomic E-state index is 11.8. The average molecular weight is 297 g/mol. The largest absolute Gasteiger partial charge is 0.368 e. The van der Waals surface area contributed by atoms with Gasteiger partial charge in [-0.05, 0) is 71.4 Å². The van der Waals surface area contributed by atoms with E-state index in [0.29, 0.717) is 0 Å². The third-order valence-electron chi connectivity index (χ3n) is 4.89. The van der Waals surface area contributed by atoms with E-state index < -0.39 is 5.54 Å². The van der Waals surface area contributed by atoms with Crippen LogP contribution in [0.4, 0.5) is 0 Å². The fraction of sp³-hybridized carbons (Fsp3) is 0.941. The van der Waals surface area contributed by atoms with Crippen molar-refractivity contribution in [2.24, 2.45) is 17.6 Å². The van der Waals surface area contributed by atoms with Crippen molar-refractivity contribution < 1.29 is 4.79 Å². The first kappa shape index (κ1) is 18.4. The van der Waals surface area contributed by atoms with Crippen LogP contribution in [0.3, 0.4) is 0 Å². The molecule has 1 aliphatic heterocycles. The first-order chi connectivity index (χ1) is 9.74. The van der Waals surface area contributed by atoms with Gasteiger partial charge in [0, 0.05) is 12.6 Å². The van der Waals surface area contributed by atoms with Gasteiger partial charge in [0.25, 0.3) is 0 Å². The molecule has 1 rings (SSSR count). The Bertz CT molecular complexity index is 330. The van der Waals surface area contributed by atoms with Gasteiger partial charge in [0.2, 0.25) is 5.91 Å².